The Bertz CT molecular complexity index is 377. The van der Waals surface area contributed by atoms with E-state index in [1.165, 1.54) is 0 Å². The number of hydrogen-bond donors (Lipinski definition) is 1. The number of carbonyl (C=O) groups is 1. The molecule has 17 heavy (non-hydrogen) atoms. The number of aromatic nitrogens is 1. The molecule has 0 aliphatic heterocycles. The zero-order valence-electron chi connectivity index (χ0n) is 10.7. The Balaban J connectivity index is 2.88. The molecule has 0 spiro atoms. The third-order valence-electron chi connectivity index (χ3n) is 2.65. The Morgan fingerprint density at radius 1 is 1.53 bits per heavy atom. The SMILES string of the molecule is Cc1cccnc1C(=O)N(CCCO)C(C)C. The standard InChI is InChI=1S/C13H20N2O2/c1-10(2)15(8-5-9-16)13(17)12-11(3)6-4-7-14-12/h4,6-7,10,16H,5,8-9H2,1-3H3. The van der Waals surface area contributed by atoms with Gasteiger partial charge in [-0.05, 0) is 38.8 Å². The number of nitrogens with zero attached hydrogens (tertiary/aromatic N) is 2. The van der Waals surface area contributed by atoms with Crippen molar-refractivity contribution in [3.63, 3.8) is 0 Å². The predicted molar refractivity (Wildman–Crippen MR) is 66.8 cm³/mol. The molecule has 1 heterocycles. The maximum atomic E-state index is 12.3. The van der Waals surface area contributed by atoms with Crippen LogP contribution in [0.15, 0.2) is 18.3 Å². The molecule has 0 aliphatic rings. The monoisotopic (exact) mass is 236 g/mol. The molecule has 1 N–H and O–H groups in total. The molecule has 4 heteroatoms. The number of pyridine rings is 1. The second-order valence-electron chi connectivity index (χ2n) is 4.34. The molecule has 0 bridgehead atoms. The highest BCUT2D eigenvalue weighted by molar-refractivity contribution is 5.93. The minimum absolute atomic E-state index is 0.0634. The van der Waals surface area contributed by atoms with Gasteiger partial charge in [0.2, 0.25) is 0 Å². The number of aliphatic hydroxyl groups excluding tert-OH is 1. The van der Waals surface area contributed by atoms with E-state index in [4.69, 9.17) is 5.11 Å². The van der Waals surface area contributed by atoms with Gasteiger partial charge in [0, 0.05) is 25.4 Å². The van der Waals surface area contributed by atoms with Gasteiger partial charge in [-0.3, -0.25) is 9.78 Å². The quantitative estimate of drug-likeness (QED) is 0.845. The average molecular weight is 236 g/mol. The van der Waals surface area contributed by atoms with Gasteiger partial charge in [0.1, 0.15) is 5.69 Å². The van der Waals surface area contributed by atoms with E-state index < -0.39 is 0 Å². The van der Waals surface area contributed by atoms with Gasteiger partial charge in [-0.15, -0.1) is 0 Å². The van der Waals surface area contributed by atoms with Gasteiger partial charge in [0.05, 0.1) is 0 Å². The van der Waals surface area contributed by atoms with Crippen LogP contribution in [-0.4, -0.2) is 40.1 Å². The minimum Gasteiger partial charge on any atom is -0.396 e. The maximum Gasteiger partial charge on any atom is 0.272 e. The molecule has 0 fully saturated rings. The summed E-state index contributed by atoms with van der Waals surface area (Å²) in [6.45, 7) is 6.46. The van der Waals surface area contributed by atoms with Gasteiger partial charge in [-0.1, -0.05) is 6.07 Å². The number of carbonyl (C=O) groups excluding carboxylic acids is 1. The van der Waals surface area contributed by atoms with Crippen molar-refractivity contribution in [2.45, 2.75) is 33.2 Å². The van der Waals surface area contributed by atoms with Crippen LogP contribution in [0.1, 0.15) is 36.3 Å². The first-order valence-corrected chi connectivity index (χ1v) is 5.91. The Kier molecular flexibility index (Phi) is 5.10. The van der Waals surface area contributed by atoms with Crippen LogP contribution in [0.4, 0.5) is 0 Å². The molecule has 0 atom stereocenters. The summed E-state index contributed by atoms with van der Waals surface area (Å²) >= 11 is 0. The zero-order chi connectivity index (χ0) is 12.8. The summed E-state index contributed by atoms with van der Waals surface area (Å²) in [5.41, 5.74) is 1.38. The van der Waals surface area contributed by atoms with Crippen LogP contribution in [0.2, 0.25) is 0 Å². The molecule has 0 saturated heterocycles. The van der Waals surface area contributed by atoms with Crippen molar-refractivity contribution in [1.82, 2.24) is 9.88 Å². The molecule has 0 saturated carbocycles. The van der Waals surface area contributed by atoms with Crippen LogP contribution in [0.3, 0.4) is 0 Å². The Morgan fingerprint density at radius 3 is 2.76 bits per heavy atom. The second-order valence-corrected chi connectivity index (χ2v) is 4.34. The van der Waals surface area contributed by atoms with Crippen LogP contribution < -0.4 is 0 Å². The highest BCUT2D eigenvalue weighted by atomic mass is 16.3. The predicted octanol–water partition coefficient (Wildman–Crippen LogP) is 1.62. The molecule has 1 amide bonds. The van der Waals surface area contributed by atoms with E-state index in [0.29, 0.717) is 18.7 Å². The number of rotatable bonds is 5. The number of amides is 1. The van der Waals surface area contributed by atoms with E-state index in [9.17, 15) is 4.79 Å². The number of aryl methyl sites for hydroxylation is 1. The van der Waals surface area contributed by atoms with E-state index in [-0.39, 0.29) is 18.6 Å². The summed E-state index contributed by atoms with van der Waals surface area (Å²) < 4.78 is 0. The van der Waals surface area contributed by atoms with Crippen LogP contribution in [0.5, 0.6) is 0 Å². The van der Waals surface area contributed by atoms with Crippen molar-refractivity contribution in [3.8, 4) is 0 Å². The molecule has 0 aliphatic carbocycles. The Hall–Kier alpha value is -1.42. The first-order chi connectivity index (χ1) is 8.07. The highest BCUT2D eigenvalue weighted by Crippen LogP contribution is 2.10. The normalized spacial score (nSPS) is 10.6. The van der Waals surface area contributed by atoms with E-state index in [1.54, 1.807) is 11.1 Å². The largest absolute Gasteiger partial charge is 0.396 e. The molecule has 0 unspecified atom stereocenters. The van der Waals surface area contributed by atoms with Gasteiger partial charge in [0.15, 0.2) is 0 Å². The van der Waals surface area contributed by atoms with Crippen LogP contribution in [0, 0.1) is 6.92 Å². The number of aliphatic hydroxyl groups is 1. The molecule has 4 nitrogen and oxygen atoms in total. The van der Waals surface area contributed by atoms with Gasteiger partial charge in [-0.25, -0.2) is 0 Å². The molecular formula is C13H20N2O2. The minimum atomic E-state index is -0.0634. The summed E-state index contributed by atoms with van der Waals surface area (Å²) in [6, 6.07) is 3.81. The third kappa shape index (κ3) is 3.53. The number of hydrogen-bond acceptors (Lipinski definition) is 3. The molecule has 0 aromatic carbocycles. The fourth-order valence-corrected chi connectivity index (χ4v) is 1.68. The van der Waals surface area contributed by atoms with Crippen molar-refractivity contribution >= 4 is 5.91 Å². The van der Waals surface area contributed by atoms with E-state index in [2.05, 4.69) is 4.98 Å². The Labute approximate surface area is 102 Å². The lowest BCUT2D eigenvalue weighted by atomic mass is 10.1. The van der Waals surface area contributed by atoms with E-state index >= 15 is 0 Å². The van der Waals surface area contributed by atoms with Crippen molar-refractivity contribution in [2.24, 2.45) is 0 Å². The average Bonchev–Trinajstić information content (AvgIpc) is 2.29. The van der Waals surface area contributed by atoms with Gasteiger partial charge < -0.3 is 10.0 Å². The summed E-state index contributed by atoms with van der Waals surface area (Å²) in [6.07, 6.45) is 2.22. The van der Waals surface area contributed by atoms with Crippen molar-refractivity contribution in [2.75, 3.05) is 13.2 Å². The summed E-state index contributed by atoms with van der Waals surface area (Å²) in [7, 11) is 0. The molecular weight excluding hydrogens is 216 g/mol. The third-order valence-corrected chi connectivity index (χ3v) is 2.65. The molecule has 1 rings (SSSR count). The van der Waals surface area contributed by atoms with Crippen molar-refractivity contribution in [1.29, 1.82) is 0 Å². The maximum absolute atomic E-state index is 12.3. The van der Waals surface area contributed by atoms with E-state index in [1.807, 2.05) is 32.9 Å². The van der Waals surface area contributed by atoms with Crippen molar-refractivity contribution in [3.05, 3.63) is 29.6 Å². The van der Waals surface area contributed by atoms with Gasteiger partial charge >= 0.3 is 0 Å². The summed E-state index contributed by atoms with van der Waals surface area (Å²) in [5.74, 6) is -0.0634. The first kappa shape index (κ1) is 13.6. The lowest BCUT2D eigenvalue weighted by molar-refractivity contribution is 0.0686. The van der Waals surface area contributed by atoms with Crippen LogP contribution >= 0.6 is 0 Å². The zero-order valence-corrected chi connectivity index (χ0v) is 10.7. The van der Waals surface area contributed by atoms with Gasteiger partial charge in [0.25, 0.3) is 5.91 Å². The summed E-state index contributed by atoms with van der Waals surface area (Å²) in [4.78, 5) is 18.2. The topological polar surface area (TPSA) is 53.4 Å². The highest BCUT2D eigenvalue weighted by Gasteiger charge is 2.20. The smallest absolute Gasteiger partial charge is 0.272 e. The van der Waals surface area contributed by atoms with Crippen LogP contribution in [-0.2, 0) is 0 Å². The second kappa shape index (κ2) is 6.35. The molecule has 94 valence electrons. The molecule has 1 aromatic rings. The molecule has 0 radical (unpaired) electrons. The fourth-order valence-electron chi connectivity index (χ4n) is 1.68. The van der Waals surface area contributed by atoms with Gasteiger partial charge in [-0.2, -0.15) is 0 Å². The lowest BCUT2D eigenvalue weighted by Gasteiger charge is -2.26. The van der Waals surface area contributed by atoms with E-state index in [0.717, 1.165) is 5.56 Å². The van der Waals surface area contributed by atoms with Crippen LogP contribution in [0.25, 0.3) is 0 Å². The summed E-state index contributed by atoms with van der Waals surface area (Å²) in [5, 5.41) is 8.85. The van der Waals surface area contributed by atoms with Crippen molar-refractivity contribution < 1.29 is 9.90 Å². The Morgan fingerprint density at radius 2 is 2.24 bits per heavy atom. The fraction of sp³-hybridized carbons (Fsp3) is 0.538. The lowest BCUT2D eigenvalue weighted by Crippen LogP contribution is -2.38. The molecule has 1 aromatic heterocycles. The first-order valence-electron chi connectivity index (χ1n) is 5.91.